The van der Waals surface area contributed by atoms with E-state index in [1.54, 1.807) is 0 Å². The van der Waals surface area contributed by atoms with Crippen LogP contribution in [-0.2, 0) is 0 Å². The Morgan fingerprint density at radius 2 is 2.00 bits per heavy atom. The molecule has 3 saturated heterocycles. The van der Waals surface area contributed by atoms with Crippen LogP contribution in [0.25, 0.3) is 0 Å². The molecule has 4 rings (SSSR count). The van der Waals surface area contributed by atoms with Crippen molar-refractivity contribution in [3.05, 3.63) is 18.0 Å². The van der Waals surface area contributed by atoms with Crippen molar-refractivity contribution in [2.45, 2.75) is 32.0 Å². The van der Waals surface area contributed by atoms with E-state index < -0.39 is 0 Å². The van der Waals surface area contributed by atoms with Crippen molar-refractivity contribution < 1.29 is 0 Å². The highest BCUT2D eigenvalue weighted by Gasteiger charge is 2.36. The van der Waals surface area contributed by atoms with Gasteiger partial charge in [-0.15, -0.1) is 0 Å². The van der Waals surface area contributed by atoms with Gasteiger partial charge in [-0.05, 0) is 19.9 Å². The molecule has 0 amide bonds. The standard InChI is InChI=1S/C13H23N5/c1-10(2)18-11(3-4-15-18)13(14)12-9-16-5-7-17(12)8-6-16/h3-4,10,12-13H,5-9,14H2,1-2H3. The van der Waals surface area contributed by atoms with Crippen LogP contribution in [-0.4, -0.2) is 58.3 Å². The number of piperazine rings is 3. The summed E-state index contributed by atoms with van der Waals surface area (Å²) in [6.45, 7) is 10.1. The summed E-state index contributed by atoms with van der Waals surface area (Å²) < 4.78 is 2.06. The molecule has 18 heavy (non-hydrogen) atoms. The van der Waals surface area contributed by atoms with Crippen molar-refractivity contribution in [2.24, 2.45) is 5.73 Å². The summed E-state index contributed by atoms with van der Waals surface area (Å²) in [5.41, 5.74) is 7.68. The van der Waals surface area contributed by atoms with Gasteiger partial charge < -0.3 is 5.73 Å². The first-order valence-corrected chi connectivity index (χ1v) is 6.92. The number of hydrogen-bond acceptors (Lipinski definition) is 4. The Bertz CT molecular complexity index is 405. The van der Waals surface area contributed by atoms with Gasteiger partial charge in [-0.1, -0.05) is 0 Å². The zero-order valence-electron chi connectivity index (χ0n) is 11.3. The molecule has 0 aliphatic carbocycles. The minimum atomic E-state index is 0.0676. The largest absolute Gasteiger partial charge is 0.321 e. The maximum Gasteiger partial charge on any atom is 0.0637 e. The minimum Gasteiger partial charge on any atom is -0.321 e. The van der Waals surface area contributed by atoms with Gasteiger partial charge in [0.05, 0.1) is 11.7 Å². The van der Waals surface area contributed by atoms with Gasteiger partial charge in [0.25, 0.3) is 0 Å². The van der Waals surface area contributed by atoms with Crippen LogP contribution in [0.15, 0.2) is 12.3 Å². The van der Waals surface area contributed by atoms with Gasteiger partial charge in [-0.3, -0.25) is 14.5 Å². The van der Waals surface area contributed by atoms with Gasteiger partial charge in [0, 0.05) is 51.0 Å². The summed E-state index contributed by atoms with van der Waals surface area (Å²) in [6, 6.07) is 2.96. The van der Waals surface area contributed by atoms with Crippen LogP contribution in [0, 0.1) is 0 Å². The third-order valence-electron chi connectivity index (χ3n) is 4.27. The van der Waals surface area contributed by atoms with Crippen LogP contribution in [0.3, 0.4) is 0 Å². The summed E-state index contributed by atoms with van der Waals surface area (Å²) in [4.78, 5) is 5.07. The first kappa shape index (κ1) is 12.1. The summed E-state index contributed by atoms with van der Waals surface area (Å²) in [6.07, 6.45) is 1.87. The second-order valence-corrected chi connectivity index (χ2v) is 5.72. The van der Waals surface area contributed by atoms with E-state index in [0.717, 1.165) is 19.6 Å². The lowest BCUT2D eigenvalue weighted by Gasteiger charge is -2.49. The Morgan fingerprint density at radius 3 is 2.56 bits per heavy atom. The third-order valence-corrected chi connectivity index (χ3v) is 4.27. The van der Waals surface area contributed by atoms with Crippen LogP contribution in [0.5, 0.6) is 0 Å². The first-order valence-electron chi connectivity index (χ1n) is 6.92. The summed E-state index contributed by atoms with van der Waals surface area (Å²) >= 11 is 0. The molecule has 100 valence electrons. The van der Waals surface area contributed by atoms with Gasteiger partial charge in [0.1, 0.15) is 0 Å². The van der Waals surface area contributed by atoms with Crippen molar-refractivity contribution in [1.29, 1.82) is 0 Å². The van der Waals surface area contributed by atoms with Gasteiger partial charge in [0.15, 0.2) is 0 Å². The van der Waals surface area contributed by atoms with Gasteiger partial charge in [-0.2, -0.15) is 5.10 Å². The lowest BCUT2D eigenvalue weighted by Crippen LogP contribution is -2.63. The second kappa shape index (κ2) is 4.64. The molecule has 0 spiro atoms. The average molecular weight is 249 g/mol. The molecule has 3 fully saturated rings. The smallest absolute Gasteiger partial charge is 0.0637 e. The van der Waals surface area contributed by atoms with Crippen LogP contribution in [0.2, 0.25) is 0 Å². The Kier molecular flexibility index (Phi) is 3.13. The van der Waals surface area contributed by atoms with Crippen molar-refractivity contribution in [2.75, 3.05) is 32.7 Å². The van der Waals surface area contributed by atoms with E-state index in [4.69, 9.17) is 5.73 Å². The van der Waals surface area contributed by atoms with E-state index in [9.17, 15) is 0 Å². The van der Waals surface area contributed by atoms with Crippen LogP contribution < -0.4 is 5.73 Å². The second-order valence-electron chi connectivity index (χ2n) is 5.72. The van der Waals surface area contributed by atoms with E-state index in [1.165, 1.54) is 18.8 Å². The number of hydrogen-bond donors (Lipinski definition) is 1. The molecular weight excluding hydrogens is 226 g/mol. The van der Waals surface area contributed by atoms with Gasteiger partial charge >= 0.3 is 0 Å². The molecule has 3 aliphatic heterocycles. The normalized spacial score (nSPS) is 33.0. The number of nitrogens with two attached hydrogens (primary N) is 1. The van der Waals surface area contributed by atoms with Crippen LogP contribution >= 0.6 is 0 Å². The number of rotatable bonds is 3. The molecule has 0 aromatic carbocycles. The van der Waals surface area contributed by atoms with Gasteiger partial charge in [-0.25, -0.2) is 0 Å². The Labute approximate surface area is 109 Å². The number of fused-ring (bicyclic) bond motifs is 3. The number of aromatic nitrogens is 2. The van der Waals surface area contributed by atoms with Crippen molar-refractivity contribution in [3.63, 3.8) is 0 Å². The lowest BCUT2D eigenvalue weighted by atomic mass is 9.98. The maximum absolute atomic E-state index is 6.51. The first-order chi connectivity index (χ1) is 8.66. The summed E-state index contributed by atoms with van der Waals surface area (Å²) in [7, 11) is 0. The van der Waals surface area contributed by atoms with E-state index in [1.807, 2.05) is 6.20 Å². The molecule has 3 aliphatic rings. The Morgan fingerprint density at radius 1 is 1.28 bits per heavy atom. The molecule has 4 heterocycles. The quantitative estimate of drug-likeness (QED) is 0.846. The fourth-order valence-corrected chi connectivity index (χ4v) is 3.22. The summed E-state index contributed by atoms with van der Waals surface area (Å²) in [5, 5.41) is 4.40. The van der Waals surface area contributed by atoms with E-state index in [2.05, 4.69) is 39.5 Å². The fraction of sp³-hybridized carbons (Fsp3) is 0.769. The van der Waals surface area contributed by atoms with Crippen molar-refractivity contribution >= 4 is 0 Å². The Balaban J connectivity index is 1.81. The molecule has 5 nitrogen and oxygen atoms in total. The molecule has 0 radical (unpaired) electrons. The number of nitrogens with zero attached hydrogens (tertiary/aromatic N) is 4. The lowest BCUT2D eigenvalue weighted by molar-refractivity contribution is 0.000884. The molecule has 2 atom stereocenters. The van der Waals surface area contributed by atoms with Crippen LogP contribution in [0.4, 0.5) is 0 Å². The third kappa shape index (κ3) is 1.96. The van der Waals surface area contributed by atoms with Crippen molar-refractivity contribution in [1.82, 2.24) is 19.6 Å². The highest BCUT2D eigenvalue weighted by atomic mass is 15.4. The van der Waals surface area contributed by atoms with E-state index >= 15 is 0 Å². The molecule has 2 unspecified atom stereocenters. The molecule has 0 saturated carbocycles. The average Bonchev–Trinajstić information content (AvgIpc) is 2.88. The predicted molar refractivity (Wildman–Crippen MR) is 71.3 cm³/mol. The molecule has 2 bridgehead atoms. The van der Waals surface area contributed by atoms with Crippen LogP contribution in [0.1, 0.15) is 31.6 Å². The predicted octanol–water partition coefficient (Wildman–Crippen LogP) is 0.464. The SMILES string of the molecule is CC(C)n1nccc1C(N)C1CN2CCN1CC2. The topological polar surface area (TPSA) is 50.3 Å². The highest BCUT2D eigenvalue weighted by molar-refractivity contribution is 5.12. The molecule has 2 N–H and O–H groups in total. The summed E-state index contributed by atoms with van der Waals surface area (Å²) in [5.74, 6) is 0. The molecule has 1 aromatic heterocycles. The zero-order valence-corrected chi connectivity index (χ0v) is 11.3. The Hall–Kier alpha value is -0.910. The monoisotopic (exact) mass is 249 g/mol. The van der Waals surface area contributed by atoms with Gasteiger partial charge in [0.2, 0.25) is 0 Å². The molecule has 1 aromatic rings. The zero-order chi connectivity index (χ0) is 12.7. The van der Waals surface area contributed by atoms with Crippen molar-refractivity contribution in [3.8, 4) is 0 Å². The molecular formula is C13H23N5. The molecule has 5 heteroatoms. The fourth-order valence-electron chi connectivity index (χ4n) is 3.22. The van der Waals surface area contributed by atoms with E-state index in [-0.39, 0.29) is 6.04 Å². The minimum absolute atomic E-state index is 0.0676. The maximum atomic E-state index is 6.51. The van der Waals surface area contributed by atoms with E-state index in [0.29, 0.717) is 12.1 Å². The highest BCUT2D eigenvalue weighted by Crippen LogP contribution is 2.26.